The minimum absolute atomic E-state index is 0.00957. The molecule has 0 radical (unpaired) electrons. The van der Waals surface area contributed by atoms with Gasteiger partial charge in [0.05, 0.1) is 18.6 Å². The third kappa shape index (κ3) is 2.35. The van der Waals surface area contributed by atoms with Crippen molar-refractivity contribution in [3.05, 3.63) is 35.6 Å². The van der Waals surface area contributed by atoms with E-state index < -0.39 is 0 Å². The molecule has 0 spiro atoms. The fourth-order valence-electron chi connectivity index (χ4n) is 2.95. The number of nitrogens with one attached hydrogen (secondary N) is 1. The molecule has 0 aromatic heterocycles. The van der Waals surface area contributed by atoms with Gasteiger partial charge < -0.3 is 15.8 Å². The maximum Gasteiger partial charge on any atom is 0.224 e. The van der Waals surface area contributed by atoms with Crippen molar-refractivity contribution in [2.45, 2.75) is 31.0 Å². The molecule has 1 amide bonds. The second-order valence-electron chi connectivity index (χ2n) is 5.26. The number of benzene rings is 1. The Morgan fingerprint density at radius 1 is 1.42 bits per heavy atom. The van der Waals surface area contributed by atoms with Gasteiger partial charge in [-0.2, -0.15) is 0 Å². The van der Waals surface area contributed by atoms with Gasteiger partial charge in [-0.15, -0.1) is 0 Å². The summed E-state index contributed by atoms with van der Waals surface area (Å²) in [6.45, 7) is 0.730. The Hall–Kier alpha value is -1.46. The van der Waals surface area contributed by atoms with Crippen molar-refractivity contribution in [3.63, 3.8) is 0 Å². The van der Waals surface area contributed by atoms with Crippen molar-refractivity contribution in [2.24, 2.45) is 11.7 Å². The van der Waals surface area contributed by atoms with E-state index >= 15 is 0 Å². The lowest BCUT2D eigenvalue weighted by Crippen LogP contribution is -2.69. The van der Waals surface area contributed by atoms with Crippen LogP contribution >= 0.6 is 0 Å². The summed E-state index contributed by atoms with van der Waals surface area (Å²) in [5.74, 6) is -0.00972. The molecule has 1 heterocycles. The molecule has 4 unspecified atom stereocenters. The standard InChI is InChI=1S/C14H17FN2O2/c15-9-3-1-8(2-4-9)7-11(18)17-13-12(16)10-5-6-19-14(10)13/h1-4,10,12-14H,5-7,16H2,(H,17,18). The van der Waals surface area contributed by atoms with Crippen molar-refractivity contribution in [2.75, 3.05) is 6.61 Å². The molecule has 1 aliphatic carbocycles. The van der Waals surface area contributed by atoms with Gasteiger partial charge in [0.2, 0.25) is 5.91 Å². The molecule has 1 aromatic carbocycles. The first-order chi connectivity index (χ1) is 9.15. The molecule has 1 saturated heterocycles. The number of carbonyl (C=O) groups excluding carboxylic acids is 1. The maximum atomic E-state index is 12.8. The molecular formula is C14H17FN2O2. The van der Waals surface area contributed by atoms with Crippen molar-refractivity contribution in [1.29, 1.82) is 0 Å². The monoisotopic (exact) mass is 264 g/mol. The van der Waals surface area contributed by atoms with Crippen LogP contribution in [-0.4, -0.2) is 30.7 Å². The zero-order valence-corrected chi connectivity index (χ0v) is 10.5. The van der Waals surface area contributed by atoms with Gasteiger partial charge in [0.15, 0.2) is 0 Å². The number of carbonyl (C=O) groups is 1. The SMILES string of the molecule is NC1C2CCOC2C1NC(=O)Cc1ccc(F)cc1. The lowest BCUT2D eigenvalue weighted by atomic mass is 9.72. The Labute approximate surface area is 111 Å². The van der Waals surface area contributed by atoms with E-state index in [4.69, 9.17) is 10.5 Å². The van der Waals surface area contributed by atoms with Crippen LogP contribution in [0.25, 0.3) is 0 Å². The average Bonchev–Trinajstić information content (AvgIpc) is 2.83. The van der Waals surface area contributed by atoms with Gasteiger partial charge in [0.1, 0.15) is 5.82 Å². The molecule has 19 heavy (non-hydrogen) atoms. The lowest BCUT2D eigenvalue weighted by molar-refractivity contribution is -0.125. The summed E-state index contributed by atoms with van der Waals surface area (Å²) < 4.78 is 18.3. The summed E-state index contributed by atoms with van der Waals surface area (Å²) >= 11 is 0. The van der Waals surface area contributed by atoms with Crippen molar-refractivity contribution in [3.8, 4) is 0 Å². The van der Waals surface area contributed by atoms with E-state index in [9.17, 15) is 9.18 Å². The Morgan fingerprint density at radius 2 is 2.16 bits per heavy atom. The van der Waals surface area contributed by atoms with Gasteiger partial charge in [-0.1, -0.05) is 12.1 Å². The topological polar surface area (TPSA) is 64.3 Å². The summed E-state index contributed by atoms with van der Waals surface area (Å²) in [4.78, 5) is 11.9. The normalized spacial score (nSPS) is 32.5. The molecule has 1 aliphatic heterocycles. The molecular weight excluding hydrogens is 247 g/mol. The third-order valence-corrected chi connectivity index (χ3v) is 4.05. The van der Waals surface area contributed by atoms with E-state index in [0.29, 0.717) is 5.92 Å². The molecule has 4 nitrogen and oxygen atoms in total. The molecule has 2 aliphatic rings. The van der Waals surface area contributed by atoms with Crippen LogP contribution in [-0.2, 0) is 16.0 Å². The second kappa shape index (κ2) is 4.90. The van der Waals surface area contributed by atoms with Gasteiger partial charge in [0, 0.05) is 18.6 Å². The zero-order valence-electron chi connectivity index (χ0n) is 10.5. The first-order valence-corrected chi connectivity index (χ1v) is 6.56. The number of hydrogen-bond donors (Lipinski definition) is 2. The van der Waals surface area contributed by atoms with E-state index in [1.165, 1.54) is 12.1 Å². The highest BCUT2D eigenvalue weighted by Crippen LogP contribution is 2.37. The first kappa shape index (κ1) is 12.6. The number of fused-ring (bicyclic) bond motifs is 1. The summed E-state index contributed by atoms with van der Waals surface area (Å²) in [6, 6.07) is 5.85. The fraction of sp³-hybridized carbons (Fsp3) is 0.500. The zero-order chi connectivity index (χ0) is 13.4. The van der Waals surface area contributed by atoms with E-state index in [2.05, 4.69) is 5.32 Å². The Kier molecular flexibility index (Phi) is 3.24. The van der Waals surface area contributed by atoms with Gasteiger partial charge >= 0.3 is 0 Å². The minimum atomic E-state index is -0.299. The fourth-order valence-corrected chi connectivity index (χ4v) is 2.95. The van der Waals surface area contributed by atoms with Crippen LogP contribution in [0.1, 0.15) is 12.0 Å². The predicted molar refractivity (Wildman–Crippen MR) is 67.9 cm³/mol. The number of rotatable bonds is 3. The number of nitrogens with two attached hydrogens (primary N) is 1. The largest absolute Gasteiger partial charge is 0.376 e. The molecule has 1 saturated carbocycles. The molecule has 0 bridgehead atoms. The van der Waals surface area contributed by atoms with Crippen molar-refractivity contribution >= 4 is 5.91 Å². The number of halogens is 1. The first-order valence-electron chi connectivity index (χ1n) is 6.56. The van der Waals surface area contributed by atoms with Crippen LogP contribution in [0.4, 0.5) is 4.39 Å². The van der Waals surface area contributed by atoms with Crippen LogP contribution in [0.3, 0.4) is 0 Å². The van der Waals surface area contributed by atoms with E-state index in [1.807, 2.05) is 0 Å². The second-order valence-corrected chi connectivity index (χ2v) is 5.26. The quantitative estimate of drug-likeness (QED) is 0.840. The van der Waals surface area contributed by atoms with E-state index in [-0.39, 0.29) is 36.3 Å². The summed E-state index contributed by atoms with van der Waals surface area (Å²) in [5, 5.41) is 2.92. The maximum absolute atomic E-state index is 12.8. The molecule has 3 N–H and O–H groups in total. The van der Waals surface area contributed by atoms with Crippen LogP contribution in [0.2, 0.25) is 0 Å². The predicted octanol–water partition coefficient (Wildman–Crippen LogP) is 0.599. The van der Waals surface area contributed by atoms with Crippen LogP contribution in [0, 0.1) is 11.7 Å². The van der Waals surface area contributed by atoms with Crippen LogP contribution < -0.4 is 11.1 Å². The molecule has 3 rings (SSSR count). The van der Waals surface area contributed by atoms with Crippen molar-refractivity contribution < 1.29 is 13.9 Å². The number of amides is 1. The summed E-state index contributed by atoms with van der Waals surface area (Å²) in [7, 11) is 0. The average molecular weight is 264 g/mol. The van der Waals surface area contributed by atoms with Crippen LogP contribution in [0.5, 0.6) is 0 Å². The van der Waals surface area contributed by atoms with Gasteiger partial charge in [0.25, 0.3) is 0 Å². The smallest absolute Gasteiger partial charge is 0.224 e. The Balaban J connectivity index is 1.55. The highest BCUT2D eigenvalue weighted by atomic mass is 19.1. The Bertz CT molecular complexity index is 477. The molecule has 102 valence electrons. The lowest BCUT2D eigenvalue weighted by Gasteiger charge is -2.45. The number of hydrogen-bond acceptors (Lipinski definition) is 3. The summed E-state index contributed by atoms with van der Waals surface area (Å²) in [5.41, 5.74) is 6.81. The van der Waals surface area contributed by atoms with Gasteiger partial charge in [-0.3, -0.25) is 4.79 Å². The van der Waals surface area contributed by atoms with Gasteiger partial charge in [-0.25, -0.2) is 4.39 Å². The molecule has 2 fully saturated rings. The van der Waals surface area contributed by atoms with Gasteiger partial charge in [-0.05, 0) is 24.1 Å². The molecule has 5 heteroatoms. The third-order valence-electron chi connectivity index (χ3n) is 4.05. The molecule has 1 aromatic rings. The number of ether oxygens (including phenoxy) is 1. The van der Waals surface area contributed by atoms with Crippen molar-refractivity contribution in [1.82, 2.24) is 5.32 Å². The minimum Gasteiger partial charge on any atom is -0.376 e. The summed E-state index contributed by atoms with van der Waals surface area (Å²) in [6.07, 6.45) is 1.30. The highest BCUT2D eigenvalue weighted by molar-refractivity contribution is 5.79. The molecule has 4 atom stereocenters. The Morgan fingerprint density at radius 3 is 2.89 bits per heavy atom. The van der Waals surface area contributed by atoms with Crippen LogP contribution in [0.15, 0.2) is 24.3 Å². The van der Waals surface area contributed by atoms with E-state index in [1.54, 1.807) is 12.1 Å². The highest BCUT2D eigenvalue weighted by Gasteiger charge is 2.52. The van der Waals surface area contributed by atoms with E-state index in [0.717, 1.165) is 18.6 Å².